The number of nitrogens with zero attached hydrogens (tertiary/aromatic N) is 2. The maximum absolute atomic E-state index is 11.7. The van der Waals surface area contributed by atoms with E-state index in [1.54, 1.807) is 34.9 Å². The topological polar surface area (TPSA) is 34.9 Å². The standard InChI is InChI=1S/C14H8Cl2N2O/c15-9-5-6-11(16)13(7-9)18-8-17-14(19)10-3-1-2-4-12(10)18/h1-8H. The van der Waals surface area contributed by atoms with Gasteiger partial charge in [-0.25, -0.2) is 0 Å². The van der Waals surface area contributed by atoms with Gasteiger partial charge in [-0.3, -0.25) is 9.36 Å². The smallest absolute Gasteiger partial charge is 0.280 e. The van der Waals surface area contributed by atoms with Crippen molar-refractivity contribution in [2.75, 3.05) is 0 Å². The fraction of sp³-hybridized carbons (Fsp3) is 0. The van der Waals surface area contributed by atoms with Crippen LogP contribution in [0.2, 0.25) is 10.0 Å². The molecular formula is C14H8Cl2N2O. The maximum Gasteiger partial charge on any atom is 0.280 e. The summed E-state index contributed by atoms with van der Waals surface area (Å²) in [6, 6.07) is 12.4. The molecule has 0 N–H and O–H groups in total. The van der Waals surface area contributed by atoms with Crippen molar-refractivity contribution in [1.29, 1.82) is 0 Å². The molecule has 2 aromatic carbocycles. The molecule has 0 aliphatic heterocycles. The first-order valence-electron chi connectivity index (χ1n) is 5.58. The van der Waals surface area contributed by atoms with E-state index < -0.39 is 0 Å². The third kappa shape index (κ3) is 2.11. The van der Waals surface area contributed by atoms with Crippen LogP contribution in [0.4, 0.5) is 0 Å². The summed E-state index contributed by atoms with van der Waals surface area (Å²) in [6.07, 6.45) is 1.46. The van der Waals surface area contributed by atoms with Crippen molar-refractivity contribution in [2.24, 2.45) is 0 Å². The molecule has 19 heavy (non-hydrogen) atoms. The van der Waals surface area contributed by atoms with E-state index in [2.05, 4.69) is 4.98 Å². The zero-order valence-corrected chi connectivity index (χ0v) is 11.2. The summed E-state index contributed by atoms with van der Waals surface area (Å²) >= 11 is 12.2. The monoisotopic (exact) mass is 290 g/mol. The second kappa shape index (κ2) is 4.68. The van der Waals surface area contributed by atoms with Crippen molar-refractivity contribution in [3.05, 3.63) is 69.2 Å². The Morgan fingerprint density at radius 3 is 2.68 bits per heavy atom. The second-order valence-electron chi connectivity index (χ2n) is 4.03. The van der Waals surface area contributed by atoms with Crippen molar-refractivity contribution in [3.63, 3.8) is 0 Å². The molecule has 0 aliphatic carbocycles. The predicted molar refractivity (Wildman–Crippen MR) is 77.4 cm³/mol. The Bertz CT molecular complexity index is 827. The second-order valence-corrected chi connectivity index (χ2v) is 4.88. The molecular weight excluding hydrogens is 283 g/mol. The highest BCUT2D eigenvalue weighted by molar-refractivity contribution is 6.34. The molecule has 0 saturated carbocycles. The van der Waals surface area contributed by atoms with Crippen molar-refractivity contribution in [3.8, 4) is 5.69 Å². The normalized spacial score (nSPS) is 10.8. The predicted octanol–water partition coefficient (Wildman–Crippen LogP) is 3.69. The third-order valence-electron chi connectivity index (χ3n) is 2.85. The number of benzene rings is 2. The van der Waals surface area contributed by atoms with E-state index >= 15 is 0 Å². The number of para-hydroxylation sites is 1. The van der Waals surface area contributed by atoms with Gasteiger partial charge in [0.1, 0.15) is 6.33 Å². The van der Waals surface area contributed by atoms with E-state index in [-0.39, 0.29) is 5.56 Å². The molecule has 0 radical (unpaired) electrons. The molecule has 3 rings (SSSR count). The Balaban J connectivity index is 2.41. The molecule has 1 heterocycles. The Kier molecular flexibility index (Phi) is 3.01. The summed E-state index contributed by atoms with van der Waals surface area (Å²) in [5.41, 5.74) is 1.18. The molecule has 5 heteroatoms. The average molecular weight is 291 g/mol. The van der Waals surface area contributed by atoms with E-state index in [9.17, 15) is 4.79 Å². The van der Waals surface area contributed by atoms with Crippen molar-refractivity contribution in [1.82, 2.24) is 9.55 Å². The lowest BCUT2D eigenvalue weighted by Crippen LogP contribution is -2.11. The third-order valence-corrected chi connectivity index (χ3v) is 3.41. The van der Waals surface area contributed by atoms with Gasteiger partial charge in [-0.1, -0.05) is 35.3 Å². The molecule has 0 saturated heterocycles. The highest BCUT2D eigenvalue weighted by Crippen LogP contribution is 2.26. The zero-order chi connectivity index (χ0) is 13.4. The molecule has 3 nitrogen and oxygen atoms in total. The van der Waals surface area contributed by atoms with E-state index in [4.69, 9.17) is 23.2 Å². The van der Waals surface area contributed by atoms with Crippen LogP contribution in [0, 0.1) is 0 Å². The molecule has 0 spiro atoms. The van der Waals surface area contributed by atoms with E-state index in [1.165, 1.54) is 6.33 Å². The van der Waals surface area contributed by atoms with Gasteiger partial charge in [0.05, 0.1) is 21.6 Å². The van der Waals surface area contributed by atoms with Gasteiger partial charge in [0.15, 0.2) is 0 Å². The molecule has 94 valence electrons. The molecule has 0 fully saturated rings. The van der Waals surface area contributed by atoms with Crippen LogP contribution in [0.15, 0.2) is 53.6 Å². The van der Waals surface area contributed by atoms with Crippen LogP contribution in [-0.2, 0) is 0 Å². The van der Waals surface area contributed by atoms with Crippen molar-refractivity contribution >= 4 is 34.1 Å². The Labute approximate surface area is 119 Å². The number of fused-ring (bicyclic) bond motifs is 1. The first-order valence-corrected chi connectivity index (χ1v) is 6.34. The van der Waals surface area contributed by atoms with Gasteiger partial charge in [0.2, 0.25) is 0 Å². The average Bonchev–Trinajstić information content (AvgIpc) is 2.43. The minimum Gasteiger partial charge on any atom is -0.299 e. The van der Waals surface area contributed by atoms with E-state index in [0.717, 1.165) is 5.52 Å². The molecule has 0 bridgehead atoms. The molecule has 3 aromatic rings. The van der Waals surface area contributed by atoms with Crippen LogP contribution in [0.1, 0.15) is 0 Å². The minimum absolute atomic E-state index is 0.259. The van der Waals surface area contributed by atoms with Gasteiger partial charge in [-0.2, -0.15) is 4.98 Å². The van der Waals surface area contributed by atoms with Gasteiger partial charge < -0.3 is 0 Å². The highest BCUT2D eigenvalue weighted by atomic mass is 35.5. The van der Waals surface area contributed by atoms with Gasteiger partial charge in [0.25, 0.3) is 5.56 Å². The summed E-state index contributed by atoms with van der Waals surface area (Å²) in [4.78, 5) is 15.6. The molecule has 0 amide bonds. The number of aromatic nitrogens is 2. The number of hydrogen-bond donors (Lipinski definition) is 0. The first-order chi connectivity index (χ1) is 9.16. The van der Waals surface area contributed by atoms with Crippen LogP contribution >= 0.6 is 23.2 Å². The number of hydrogen-bond acceptors (Lipinski definition) is 2. The van der Waals surface area contributed by atoms with Crippen LogP contribution < -0.4 is 5.56 Å². The minimum atomic E-state index is -0.259. The Morgan fingerprint density at radius 1 is 1.05 bits per heavy atom. The largest absolute Gasteiger partial charge is 0.299 e. The van der Waals surface area contributed by atoms with Crippen LogP contribution in [0.25, 0.3) is 16.6 Å². The van der Waals surface area contributed by atoms with Crippen molar-refractivity contribution in [2.45, 2.75) is 0 Å². The molecule has 0 aliphatic rings. The molecule has 1 aromatic heterocycles. The van der Waals surface area contributed by atoms with Crippen LogP contribution in [0.3, 0.4) is 0 Å². The molecule has 0 atom stereocenters. The summed E-state index contributed by atoms with van der Waals surface area (Å²) in [6.45, 7) is 0. The number of halogens is 2. The molecule has 0 unspecified atom stereocenters. The summed E-state index contributed by atoms with van der Waals surface area (Å²) in [5.74, 6) is 0. The van der Waals surface area contributed by atoms with Crippen molar-refractivity contribution < 1.29 is 0 Å². The lowest BCUT2D eigenvalue weighted by Gasteiger charge is -2.11. The van der Waals surface area contributed by atoms with Gasteiger partial charge >= 0.3 is 0 Å². The van der Waals surface area contributed by atoms with E-state index in [0.29, 0.717) is 21.1 Å². The summed E-state index contributed by atoms with van der Waals surface area (Å²) in [5, 5.41) is 1.66. The summed E-state index contributed by atoms with van der Waals surface area (Å²) in [7, 11) is 0. The SMILES string of the molecule is O=c1ncn(-c2cc(Cl)ccc2Cl)c2ccccc12. The first kappa shape index (κ1) is 12.2. The van der Waals surface area contributed by atoms with Gasteiger partial charge in [-0.15, -0.1) is 0 Å². The fourth-order valence-electron chi connectivity index (χ4n) is 1.97. The van der Waals surface area contributed by atoms with Gasteiger partial charge in [0, 0.05) is 5.02 Å². The highest BCUT2D eigenvalue weighted by Gasteiger charge is 2.08. The zero-order valence-electron chi connectivity index (χ0n) is 9.68. The lowest BCUT2D eigenvalue weighted by molar-refractivity contribution is 1.02. The number of rotatable bonds is 1. The Hall–Kier alpha value is -1.84. The quantitative estimate of drug-likeness (QED) is 0.685. The van der Waals surface area contributed by atoms with Crippen LogP contribution in [-0.4, -0.2) is 9.55 Å². The van der Waals surface area contributed by atoms with E-state index in [1.807, 2.05) is 12.1 Å². The van der Waals surface area contributed by atoms with Gasteiger partial charge in [-0.05, 0) is 30.3 Å². The Morgan fingerprint density at radius 2 is 1.84 bits per heavy atom. The van der Waals surface area contributed by atoms with Crippen LogP contribution in [0.5, 0.6) is 0 Å². The summed E-state index contributed by atoms with van der Waals surface area (Å²) < 4.78 is 1.75. The fourth-order valence-corrected chi connectivity index (χ4v) is 2.34. The lowest BCUT2D eigenvalue weighted by atomic mass is 10.2. The maximum atomic E-state index is 11.7.